The highest BCUT2D eigenvalue weighted by atomic mass is 32.3. The zero-order valence-electron chi connectivity index (χ0n) is 16.8. The van der Waals surface area contributed by atoms with Gasteiger partial charge in [0.1, 0.15) is 14.5 Å². The second-order valence-corrected chi connectivity index (χ2v) is 11.6. The van der Waals surface area contributed by atoms with Gasteiger partial charge in [-0.25, -0.2) is 21.6 Å². The Balaban J connectivity index is 2.41. The molecule has 1 amide bonds. The number of thiophene rings is 1. The summed E-state index contributed by atoms with van der Waals surface area (Å²) in [5, 5.41) is 3.20. The Kier molecular flexibility index (Phi) is 8.18. The largest absolute Gasteiger partial charge is 0.385 e. The van der Waals surface area contributed by atoms with E-state index in [1.165, 1.54) is 24.4 Å². The van der Waals surface area contributed by atoms with Crippen molar-refractivity contribution in [3.8, 4) is 0 Å². The van der Waals surface area contributed by atoms with Crippen LogP contribution in [-0.4, -0.2) is 73.6 Å². The summed E-state index contributed by atoms with van der Waals surface area (Å²) in [6, 6.07) is 0.972. The second kappa shape index (κ2) is 9.81. The molecule has 1 aromatic rings. The van der Waals surface area contributed by atoms with Crippen LogP contribution in [0.1, 0.15) is 31.9 Å². The van der Waals surface area contributed by atoms with E-state index in [4.69, 9.17) is 9.47 Å². The van der Waals surface area contributed by atoms with Gasteiger partial charge in [-0.05, 0) is 26.0 Å². The van der Waals surface area contributed by atoms with Gasteiger partial charge in [-0.3, -0.25) is 4.79 Å². The van der Waals surface area contributed by atoms with Gasteiger partial charge in [0.15, 0.2) is 0 Å². The van der Waals surface area contributed by atoms with E-state index in [2.05, 4.69) is 5.32 Å². The van der Waals surface area contributed by atoms with Gasteiger partial charge in [0.2, 0.25) is 0 Å². The third-order valence-electron chi connectivity index (χ3n) is 4.47. The number of nitrogens with zero attached hydrogens (tertiary/aromatic N) is 1. The number of fused-ring (bicyclic) bond motifs is 1. The molecule has 0 spiro atoms. The van der Waals surface area contributed by atoms with Crippen molar-refractivity contribution in [1.29, 1.82) is 0 Å². The molecule has 1 aliphatic heterocycles. The molecule has 1 aromatic heterocycles. The molecule has 0 fully saturated rings. The summed E-state index contributed by atoms with van der Waals surface area (Å²) < 4.78 is 64.1. The third-order valence-corrected chi connectivity index (χ3v) is 9.83. The van der Waals surface area contributed by atoms with Gasteiger partial charge in [-0.1, -0.05) is 6.92 Å². The van der Waals surface area contributed by atoms with Gasteiger partial charge in [-0.15, -0.1) is 11.3 Å². The van der Waals surface area contributed by atoms with E-state index in [9.17, 15) is 21.6 Å². The van der Waals surface area contributed by atoms with Crippen LogP contribution in [0.4, 0.5) is 0 Å². The van der Waals surface area contributed by atoms with E-state index in [1.54, 1.807) is 7.11 Å². The predicted molar refractivity (Wildman–Crippen MR) is 108 cm³/mol. The number of carbonyl (C=O) groups excluding carboxylic acids is 1. The number of amides is 1. The molecule has 0 saturated heterocycles. The van der Waals surface area contributed by atoms with Gasteiger partial charge in [0.25, 0.3) is 26.0 Å². The number of carbonyl (C=O) groups is 1. The van der Waals surface area contributed by atoms with E-state index < -0.39 is 32.1 Å². The Morgan fingerprint density at radius 3 is 2.69 bits per heavy atom. The standard InChI is InChI=1S/C16H27N3O7S3/c1-5-17-13-10-19(7-6-8-25-3)29(23,24)16-12(13)9-14(27-16)28(21,22)18-15(20)11(2)26-4/h9,11,13,17H,5-8,10H2,1-4H3,(H,18,20)/t11-,13-/m0/s1. The Morgan fingerprint density at radius 2 is 2.10 bits per heavy atom. The minimum Gasteiger partial charge on any atom is -0.385 e. The van der Waals surface area contributed by atoms with Crippen LogP contribution >= 0.6 is 11.3 Å². The van der Waals surface area contributed by atoms with Gasteiger partial charge < -0.3 is 14.8 Å². The van der Waals surface area contributed by atoms with Gasteiger partial charge >= 0.3 is 0 Å². The van der Waals surface area contributed by atoms with Crippen molar-refractivity contribution < 1.29 is 31.1 Å². The molecule has 2 rings (SSSR count). The molecule has 29 heavy (non-hydrogen) atoms. The normalized spacial score (nSPS) is 20.2. The lowest BCUT2D eigenvalue weighted by atomic mass is 10.1. The fourth-order valence-corrected chi connectivity index (χ4v) is 7.78. The number of hydrogen-bond donors (Lipinski definition) is 2. The number of sulfonamides is 2. The zero-order chi connectivity index (χ0) is 21.8. The molecule has 2 heterocycles. The third kappa shape index (κ3) is 5.34. The summed E-state index contributed by atoms with van der Waals surface area (Å²) in [5.41, 5.74) is 0.396. The topological polar surface area (TPSA) is 131 Å². The number of likely N-dealkylation sites (N-methyl/N-ethyl adjacent to an activating group) is 1. The molecule has 2 N–H and O–H groups in total. The van der Waals surface area contributed by atoms with Crippen molar-refractivity contribution in [2.24, 2.45) is 0 Å². The van der Waals surface area contributed by atoms with Crippen LogP contribution in [0.15, 0.2) is 14.5 Å². The molecule has 13 heteroatoms. The molecule has 0 saturated carbocycles. The van der Waals surface area contributed by atoms with Crippen LogP contribution in [0.25, 0.3) is 0 Å². The van der Waals surface area contributed by atoms with Crippen molar-refractivity contribution in [3.63, 3.8) is 0 Å². The highest BCUT2D eigenvalue weighted by Crippen LogP contribution is 2.40. The van der Waals surface area contributed by atoms with E-state index >= 15 is 0 Å². The fourth-order valence-electron chi connectivity index (χ4n) is 2.85. The van der Waals surface area contributed by atoms with Crippen molar-refractivity contribution in [2.45, 2.75) is 40.8 Å². The molecular formula is C16H27N3O7S3. The maximum atomic E-state index is 13.0. The Labute approximate surface area is 175 Å². The van der Waals surface area contributed by atoms with Crippen molar-refractivity contribution in [2.75, 3.05) is 40.5 Å². The number of nitrogens with one attached hydrogen (secondary N) is 2. The van der Waals surface area contributed by atoms with Crippen molar-refractivity contribution >= 4 is 37.3 Å². The summed E-state index contributed by atoms with van der Waals surface area (Å²) in [6.07, 6.45) is -0.445. The molecule has 10 nitrogen and oxygen atoms in total. The first kappa shape index (κ1) is 24.2. The van der Waals surface area contributed by atoms with Gasteiger partial charge in [0.05, 0.1) is 0 Å². The first-order valence-corrected chi connectivity index (χ1v) is 12.8. The van der Waals surface area contributed by atoms with E-state index in [0.29, 0.717) is 36.5 Å². The predicted octanol–water partition coefficient (Wildman–Crippen LogP) is 0.279. The Bertz CT molecular complexity index is 928. The average molecular weight is 470 g/mol. The van der Waals surface area contributed by atoms with Crippen LogP contribution < -0.4 is 10.0 Å². The lowest BCUT2D eigenvalue weighted by Crippen LogP contribution is -2.43. The minimum atomic E-state index is -4.23. The van der Waals surface area contributed by atoms with Crippen LogP contribution in [0, 0.1) is 0 Å². The number of methoxy groups -OCH3 is 2. The quantitative estimate of drug-likeness (QED) is 0.467. The smallest absolute Gasteiger partial charge is 0.273 e. The summed E-state index contributed by atoms with van der Waals surface area (Å²) in [6.45, 7) is 4.74. The monoisotopic (exact) mass is 469 g/mol. The van der Waals surface area contributed by atoms with E-state index in [1.807, 2.05) is 11.6 Å². The molecule has 0 aromatic carbocycles. The Morgan fingerprint density at radius 1 is 1.41 bits per heavy atom. The number of hydrogen-bond acceptors (Lipinski definition) is 9. The lowest BCUT2D eigenvalue weighted by molar-refractivity contribution is -0.128. The summed E-state index contributed by atoms with van der Waals surface area (Å²) in [7, 11) is -5.25. The van der Waals surface area contributed by atoms with Gasteiger partial charge in [-0.2, -0.15) is 4.31 Å². The summed E-state index contributed by atoms with van der Waals surface area (Å²) in [5.74, 6) is -0.828. The summed E-state index contributed by atoms with van der Waals surface area (Å²) >= 11 is 0.639. The zero-order valence-corrected chi connectivity index (χ0v) is 19.2. The SMILES string of the molecule is CCN[C@H]1CN(CCCOC)S(=O)(=O)c2sc(S(=O)(=O)NC(=O)[C@H](C)OC)cc21. The lowest BCUT2D eigenvalue weighted by Gasteiger charge is -2.32. The fraction of sp³-hybridized carbons (Fsp3) is 0.688. The number of ether oxygens (including phenoxy) is 2. The number of rotatable bonds is 10. The molecule has 2 atom stereocenters. The molecule has 0 unspecified atom stereocenters. The molecule has 0 aliphatic carbocycles. The maximum Gasteiger partial charge on any atom is 0.273 e. The molecular weight excluding hydrogens is 442 g/mol. The van der Waals surface area contributed by atoms with Crippen LogP contribution in [-0.2, 0) is 34.3 Å². The van der Waals surface area contributed by atoms with Crippen LogP contribution in [0.5, 0.6) is 0 Å². The molecule has 0 bridgehead atoms. The maximum absolute atomic E-state index is 13.0. The molecule has 1 aliphatic rings. The highest BCUT2D eigenvalue weighted by Gasteiger charge is 2.40. The summed E-state index contributed by atoms with van der Waals surface area (Å²) in [4.78, 5) is 11.9. The van der Waals surface area contributed by atoms with Crippen molar-refractivity contribution in [1.82, 2.24) is 14.3 Å². The first-order chi connectivity index (χ1) is 13.6. The van der Waals surface area contributed by atoms with E-state index in [-0.39, 0.29) is 27.5 Å². The van der Waals surface area contributed by atoms with Crippen LogP contribution in [0.2, 0.25) is 0 Å². The molecule has 0 radical (unpaired) electrons. The van der Waals surface area contributed by atoms with Crippen LogP contribution in [0.3, 0.4) is 0 Å². The minimum absolute atomic E-state index is 0.0280. The second-order valence-electron chi connectivity index (χ2n) is 6.48. The first-order valence-electron chi connectivity index (χ1n) is 9.04. The average Bonchev–Trinajstić information content (AvgIpc) is 3.12. The Hall–Kier alpha value is -1.09. The van der Waals surface area contributed by atoms with E-state index in [0.717, 1.165) is 0 Å². The van der Waals surface area contributed by atoms with Crippen molar-refractivity contribution in [3.05, 3.63) is 11.6 Å². The molecule has 166 valence electrons. The highest BCUT2D eigenvalue weighted by molar-refractivity contribution is 7.94. The van der Waals surface area contributed by atoms with Gasteiger partial charge in [0, 0.05) is 45.5 Å².